The molecular formula is C18H17N5O2S. The predicted octanol–water partition coefficient (Wildman–Crippen LogP) is 3.19. The second-order valence-electron chi connectivity index (χ2n) is 5.19. The van der Waals surface area contributed by atoms with Crippen molar-refractivity contribution >= 4 is 40.1 Å². The van der Waals surface area contributed by atoms with Gasteiger partial charge in [-0.25, -0.2) is 4.98 Å². The number of nitrogens with two attached hydrogens (primary N) is 1. The van der Waals surface area contributed by atoms with Crippen molar-refractivity contribution in [1.29, 1.82) is 0 Å². The van der Waals surface area contributed by atoms with Gasteiger partial charge in [0, 0.05) is 16.6 Å². The van der Waals surface area contributed by atoms with Crippen LogP contribution in [-0.2, 0) is 4.79 Å². The molecule has 7 nitrogen and oxygen atoms in total. The maximum atomic E-state index is 12.0. The summed E-state index contributed by atoms with van der Waals surface area (Å²) in [6.07, 6.45) is 1.60. The number of ether oxygens (including phenoxy) is 1. The number of benzene rings is 2. The first-order valence-corrected chi connectivity index (χ1v) is 8.65. The zero-order valence-electron chi connectivity index (χ0n) is 13.8. The van der Waals surface area contributed by atoms with Crippen LogP contribution in [0, 0.1) is 0 Å². The van der Waals surface area contributed by atoms with Crippen LogP contribution in [0.3, 0.4) is 0 Å². The molecule has 0 bridgehead atoms. The van der Waals surface area contributed by atoms with Crippen molar-refractivity contribution in [3.8, 4) is 5.75 Å². The maximum absolute atomic E-state index is 12.0. The number of nitrogens with zero attached hydrogens (tertiary/aromatic N) is 2. The third-order valence-corrected chi connectivity index (χ3v) is 3.99. The van der Waals surface area contributed by atoms with Crippen molar-refractivity contribution < 1.29 is 9.53 Å². The van der Waals surface area contributed by atoms with Gasteiger partial charge in [-0.15, -0.1) is 11.3 Å². The highest BCUT2D eigenvalue weighted by atomic mass is 32.1. The van der Waals surface area contributed by atoms with Gasteiger partial charge < -0.3 is 15.8 Å². The molecule has 1 heterocycles. The van der Waals surface area contributed by atoms with E-state index in [0.29, 0.717) is 16.7 Å². The van der Waals surface area contributed by atoms with Gasteiger partial charge in [0.15, 0.2) is 6.61 Å². The van der Waals surface area contributed by atoms with Gasteiger partial charge >= 0.3 is 0 Å². The Labute approximate surface area is 154 Å². The van der Waals surface area contributed by atoms with Crippen LogP contribution in [0.2, 0.25) is 0 Å². The van der Waals surface area contributed by atoms with Crippen molar-refractivity contribution in [2.24, 2.45) is 5.10 Å². The zero-order chi connectivity index (χ0) is 18.2. The van der Waals surface area contributed by atoms with E-state index in [1.165, 1.54) is 11.3 Å². The Bertz CT molecular complexity index is 895. The minimum atomic E-state index is -0.237. The van der Waals surface area contributed by atoms with E-state index in [1.54, 1.807) is 17.7 Å². The normalized spacial score (nSPS) is 10.6. The van der Waals surface area contributed by atoms with Crippen molar-refractivity contribution in [2.45, 2.75) is 0 Å². The van der Waals surface area contributed by atoms with Crippen LogP contribution in [-0.4, -0.2) is 23.7 Å². The lowest BCUT2D eigenvalue weighted by molar-refractivity contribution is -0.118. The number of nitrogens with one attached hydrogen (secondary N) is 2. The number of anilines is 3. The van der Waals surface area contributed by atoms with Gasteiger partial charge in [0.05, 0.1) is 6.21 Å². The molecule has 8 heteroatoms. The van der Waals surface area contributed by atoms with Gasteiger partial charge in [-0.2, -0.15) is 5.10 Å². The highest BCUT2D eigenvalue weighted by molar-refractivity contribution is 7.14. The first kappa shape index (κ1) is 17.4. The highest BCUT2D eigenvalue weighted by Crippen LogP contribution is 2.18. The van der Waals surface area contributed by atoms with Gasteiger partial charge in [0.25, 0.3) is 5.91 Å². The Hall–Kier alpha value is -3.39. The van der Waals surface area contributed by atoms with Gasteiger partial charge in [0.1, 0.15) is 11.6 Å². The summed E-state index contributed by atoms with van der Waals surface area (Å²) in [6, 6.07) is 16.5. The van der Waals surface area contributed by atoms with Gasteiger partial charge in [0.2, 0.25) is 5.13 Å². The number of carbonyl (C=O) groups excluding carboxylic acids is 1. The number of nitrogen functional groups attached to an aromatic ring is 1. The summed E-state index contributed by atoms with van der Waals surface area (Å²) < 4.78 is 5.61. The van der Waals surface area contributed by atoms with Crippen molar-refractivity contribution in [1.82, 2.24) is 4.98 Å². The molecule has 1 amide bonds. The first-order valence-electron chi connectivity index (χ1n) is 7.77. The number of hydrazone groups is 1. The van der Waals surface area contributed by atoms with Crippen molar-refractivity contribution in [2.75, 3.05) is 23.1 Å². The SMILES string of the molecule is Nc1csc(NN=Cc2ccccc2OCC(=O)Nc2ccccc2)n1. The summed E-state index contributed by atoms with van der Waals surface area (Å²) in [7, 11) is 0. The van der Waals surface area contributed by atoms with E-state index in [1.807, 2.05) is 48.5 Å². The summed E-state index contributed by atoms with van der Waals surface area (Å²) in [6.45, 7) is -0.101. The fourth-order valence-corrected chi connectivity index (χ4v) is 2.62. The lowest BCUT2D eigenvalue weighted by atomic mass is 10.2. The molecule has 0 aliphatic heterocycles. The van der Waals surface area contributed by atoms with Crippen molar-refractivity contribution in [3.63, 3.8) is 0 Å². The van der Waals surface area contributed by atoms with E-state index < -0.39 is 0 Å². The molecular weight excluding hydrogens is 350 g/mol. The smallest absolute Gasteiger partial charge is 0.262 e. The summed E-state index contributed by atoms with van der Waals surface area (Å²) in [5.74, 6) is 0.764. The molecule has 0 aliphatic rings. The highest BCUT2D eigenvalue weighted by Gasteiger charge is 2.06. The van der Waals surface area contributed by atoms with Crippen molar-refractivity contribution in [3.05, 3.63) is 65.5 Å². The fraction of sp³-hybridized carbons (Fsp3) is 0.0556. The van der Waals surface area contributed by atoms with Crippen LogP contribution in [0.15, 0.2) is 65.1 Å². The lowest BCUT2D eigenvalue weighted by Gasteiger charge is -2.09. The zero-order valence-corrected chi connectivity index (χ0v) is 14.6. The maximum Gasteiger partial charge on any atom is 0.262 e. The Kier molecular flexibility index (Phi) is 5.79. The lowest BCUT2D eigenvalue weighted by Crippen LogP contribution is -2.20. The van der Waals surface area contributed by atoms with E-state index in [9.17, 15) is 4.79 Å². The largest absolute Gasteiger partial charge is 0.483 e. The molecule has 3 aromatic rings. The van der Waals surface area contributed by atoms with Gasteiger partial charge in [-0.05, 0) is 24.3 Å². The van der Waals surface area contributed by atoms with Crippen LogP contribution in [0.1, 0.15) is 5.56 Å². The molecule has 0 radical (unpaired) electrons. The summed E-state index contributed by atoms with van der Waals surface area (Å²) in [5.41, 5.74) is 9.82. The number of para-hydroxylation sites is 2. The third-order valence-electron chi connectivity index (χ3n) is 3.22. The first-order chi connectivity index (χ1) is 12.7. The molecule has 0 aliphatic carbocycles. The van der Waals surface area contributed by atoms with Gasteiger partial charge in [-0.1, -0.05) is 30.3 Å². The second-order valence-corrected chi connectivity index (χ2v) is 6.05. The average molecular weight is 367 g/mol. The van der Waals surface area contributed by atoms with E-state index in [4.69, 9.17) is 10.5 Å². The molecule has 0 saturated heterocycles. The number of thiazole rings is 1. The Morgan fingerprint density at radius 1 is 1.19 bits per heavy atom. The molecule has 0 unspecified atom stereocenters. The third kappa shape index (κ3) is 5.05. The average Bonchev–Trinajstić information content (AvgIpc) is 3.07. The van der Waals surface area contributed by atoms with E-state index in [0.717, 1.165) is 11.3 Å². The molecule has 0 fully saturated rings. The minimum Gasteiger partial charge on any atom is -0.483 e. The Morgan fingerprint density at radius 2 is 1.96 bits per heavy atom. The molecule has 1 aromatic heterocycles. The summed E-state index contributed by atoms with van der Waals surface area (Å²) in [5, 5.41) is 9.21. The van der Waals surface area contributed by atoms with Crippen LogP contribution < -0.4 is 21.2 Å². The molecule has 132 valence electrons. The Balaban J connectivity index is 1.57. The number of rotatable bonds is 7. The summed E-state index contributed by atoms with van der Waals surface area (Å²) >= 11 is 1.36. The Morgan fingerprint density at radius 3 is 2.73 bits per heavy atom. The van der Waals surface area contributed by atoms with E-state index in [2.05, 4.69) is 20.8 Å². The van der Waals surface area contributed by atoms with Gasteiger partial charge in [-0.3, -0.25) is 10.2 Å². The topological polar surface area (TPSA) is 102 Å². The molecule has 0 saturated carbocycles. The molecule has 2 aromatic carbocycles. The van der Waals surface area contributed by atoms with E-state index in [-0.39, 0.29) is 12.5 Å². The number of carbonyl (C=O) groups is 1. The molecule has 0 atom stereocenters. The second kappa shape index (κ2) is 8.63. The molecule has 3 rings (SSSR count). The minimum absolute atomic E-state index is 0.101. The van der Waals surface area contributed by atoms with Crippen LogP contribution in [0.5, 0.6) is 5.75 Å². The number of hydrogen-bond acceptors (Lipinski definition) is 7. The molecule has 4 N–H and O–H groups in total. The number of hydrogen-bond donors (Lipinski definition) is 3. The van der Waals surface area contributed by atoms with E-state index >= 15 is 0 Å². The number of aromatic nitrogens is 1. The van der Waals surface area contributed by atoms with Crippen LogP contribution in [0.25, 0.3) is 0 Å². The summed E-state index contributed by atoms with van der Waals surface area (Å²) in [4.78, 5) is 16.0. The standard InChI is InChI=1S/C18H17N5O2S/c19-16-12-26-18(22-16)23-20-10-13-6-4-5-9-15(13)25-11-17(24)21-14-7-2-1-3-8-14/h1-10,12H,11,19H2,(H,21,24)(H,22,23). The fourth-order valence-electron chi connectivity index (χ4n) is 2.08. The quantitative estimate of drug-likeness (QED) is 0.440. The predicted molar refractivity (Wildman–Crippen MR) is 105 cm³/mol. The monoisotopic (exact) mass is 367 g/mol. The number of amides is 1. The van der Waals surface area contributed by atoms with Crippen LogP contribution in [0.4, 0.5) is 16.6 Å². The molecule has 26 heavy (non-hydrogen) atoms. The molecule has 0 spiro atoms. The van der Waals surface area contributed by atoms with Crippen LogP contribution >= 0.6 is 11.3 Å².